The third kappa shape index (κ3) is 33.2. The van der Waals surface area contributed by atoms with Crippen molar-refractivity contribution >= 4 is 35.8 Å². The van der Waals surface area contributed by atoms with Crippen molar-refractivity contribution in [2.75, 3.05) is 27.4 Å². The van der Waals surface area contributed by atoms with Gasteiger partial charge in [0.15, 0.2) is 11.9 Å². The Labute approximate surface area is 478 Å². The minimum absolute atomic E-state index is 0.0785. The van der Waals surface area contributed by atoms with Crippen molar-refractivity contribution in [3.05, 3.63) is 33.9 Å². The van der Waals surface area contributed by atoms with Gasteiger partial charge in [-0.2, -0.15) is 0 Å². The van der Waals surface area contributed by atoms with Gasteiger partial charge in [0.2, 0.25) is 0 Å². The van der Waals surface area contributed by atoms with E-state index in [2.05, 4.69) is 13.8 Å². The molecule has 1 unspecified atom stereocenters. The zero-order valence-corrected chi connectivity index (χ0v) is 50.9. The number of hydrogen-bond donors (Lipinski definition) is 0. The molecule has 0 aliphatic carbocycles. The Morgan fingerprint density at radius 2 is 0.949 bits per heavy atom. The van der Waals surface area contributed by atoms with Gasteiger partial charge in [0.25, 0.3) is 0 Å². The number of benzene rings is 1. The fourth-order valence-electron chi connectivity index (χ4n) is 10.3. The van der Waals surface area contributed by atoms with Crippen molar-refractivity contribution in [2.45, 2.75) is 304 Å². The van der Waals surface area contributed by atoms with E-state index in [0.29, 0.717) is 55.4 Å². The highest BCUT2D eigenvalue weighted by atomic mass is 16.6. The third-order valence-corrected chi connectivity index (χ3v) is 15.5. The van der Waals surface area contributed by atoms with Crippen molar-refractivity contribution in [2.24, 2.45) is 5.92 Å². The molecule has 1 aliphatic heterocycles. The van der Waals surface area contributed by atoms with Gasteiger partial charge in [-0.05, 0) is 57.9 Å². The molecule has 0 N–H and O–H groups in total. The lowest BCUT2D eigenvalue weighted by Gasteiger charge is -2.20. The van der Waals surface area contributed by atoms with Crippen LogP contribution in [0, 0.1) is 12.8 Å². The lowest BCUT2D eigenvalue weighted by Crippen LogP contribution is -2.32. The molecule has 2 rings (SSSR count). The Balaban J connectivity index is 1.77. The van der Waals surface area contributed by atoms with Gasteiger partial charge in [-0.25, -0.2) is 4.79 Å². The van der Waals surface area contributed by atoms with E-state index in [1.807, 2.05) is 26.8 Å². The third-order valence-electron chi connectivity index (χ3n) is 15.5. The summed E-state index contributed by atoms with van der Waals surface area (Å²) in [4.78, 5) is 76.8. The van der Waals surface area contributed by atoms with E-state index < -0.39 is 24.0 Å². The molecule has 1 atom stereocenters. The predicted molar refractivity (Wildman–Crippen MR) is 314 cm³/mol. The molecule has 0 bridgehead atoms. The minimum Gasteiger partial charge on any atom is -0.496 e. The van der Waals surface area contributed by atoms with Crippen LogP contribution < -0.4 is 9.47 Å². The van der Waals surface area contributed by atoms with Crippen LogP contribution in [0.2, 0.25) is 0 Å². The summed E-state index contributed by atoms with van der Waals surface area (Å²) in [5.41, 5.74) is 3.20. The average Bonchev–Trinajstić information content (AvgIpc) is 4.14. The quantitative estimate of drug-likeness (QED) is 0.0199. The Morgan fingerprint density at radius 1 is 0.532 bits per heavy atom. The lowest BCUT2D eigenvalue weighted by atomic mass is 9.94. The summed E-state index contributed by atoms with van der Waals surface area (Å²) in [6.07, 6.45) is 41.6. The average molecular weight is 1110 g/mol. The van der Waals surface area contributed by atoms with E-state index in [9.17, 15) is 28.8 Å². The number of fused-ring (bicyclic) bond motifs is 1. The van der Waals surface area contributed by atoms with Crippen LogP contribution in [0.1, 0.15) is 305 Å². The van der Waals surface area contributed by atoms with E-state index >= 15 is 0 Å². The van der Waals surface area contributed by atoms with Crippen LogP contribution in [-0.2, 0) is 60.7 Å². The molecule has 0 amide bonds. The summed E-state index contributed by atoms with van der Waals surface area (Å²) in [6, 6.07) is 0. The highest BCUT2D eigenvalue weighted by Crippen LogP contribution is 2.43. The number of carbonyl (C=O) groups is 6. The maximum atomic E-state index is 13.3. The Morgan fingerprint density at radius 3 is 1.38 bits per heavy atom. The highest BCUT2D eigenvalue weighted by Gasteiger charge is 2.34. The van der Waals surface area contributed by atoms with Crippen molar-refractivity contribution in [1.29, 1.82) is 0 Å². The maximum Gasteiger partial charge on any atom is 0.342 e. The van der Waals surface area contributed by atoms with Crippen LogP contribution in [0.25, 0.3) is 0 Å². The van der Waals surface area contributed by atoms with Crippen LogP contribution in [0.15, 0.2) is 11.6 Å². The first-order valence-corrected chi connectivity index (χ1v) is 31.7. The fourth-order valence-corrected chi connectivity index (χ4v) is 10.3. The summed E-state index contributed by atoms with van der Waals surface area (Å²) in [6.45, 7) is 9.92. The number of cyclic esters (lactones) is 1. The van der Waals surface area contributed by atoms with Crippen LogP contribution in [-0.4, -0.2) is 69.4 Å². The molecule has 0 spiro atoms. The van der Waals surface area contributed by atoms with Gasteiger partial charge < -0.3 is 33.2 Å². The van der Waals surface area contributed by atoms with E-state index in [0.717, 1.165) is 88.2 Å². The topological polar surface area (TPSA) is 167 Å². The number of esters is 6. The molecule has 0 saturated carbocycles. The van der Waals surface area contributed by atoms with Gasteiger partial charge in [-0.15, -0.1) is 0 Å². The molecular formula is C66H110O13. The molecule has 452 valence electrons. The number of rotatable bonds is 51. The molecule has 13 nitrogen and oxygen atoms in total. The van der Waals surface area contributed by atoms with Crippen molar-refractivity contribution < 1.29 is 61.9 Å². The van der Waals surface area contributed by atoms with Gasteiger partial charge in [0, 0.05) is 36.8 Å². The van der Waals surface area contributed by atoms with Gasteiger partial charge >= 0.3 is 35.8 Å². The van der Waals surface area contributed by atoms with Crippen molar-refractivity contribution in [3.63, 3.8) is 0 Å². The fraction of sp³-hybridized carbons (Fsp3) is 0.788. The van der Waals surface area contributed by atoms with Gasteiger partial charge in [0.1, 0.15) is 31.1 Å². The standard InChI is InChI=1S/C66H110O13/c1-8-10-12-14-16-18-20-22-24-26-30-34-38-42-59(68)75-49-55(50-76-60(69)43-39-35-31-27-25-23-21-19-17-15-13-11-9-2)78-65(71)53(4)41-37-33-29-28-32-36-40-44-61(70)79-64-56(47-45-52(3)46-48-58(67)73-6)63(74-7)54(5)57-51-77-66(72)62(57)64/h45,53,55H,8-44,46-51H2,1-7H3/b52-45+. The molecule has 1 aromatic rings. The van der Waals surface area contributed by atoms with Crippen LogP contribution in [0.4, 0.5) is 0 Å². The first-order valence-electron chi connectivity index (χ1n) is 31.7. The number of hydrogen-bond acceptors (Lipinski definition) is 13. The molecule has 79 heavy (non-hydrogen) atoms. The highest BCUT2D eigenvalue weighted by molar-refractivity contribution is 5.99. The molecule has 0 saturated heterocycles. The zero-order valence-electron chi connectivity index (χ0n) is 50.9. The largest absolute Gasteiger partial charge is 0.496 e. The molecule has 13 heteroatoms. The molecule has 1 aromatic carbocycles. The van der Waals surface area contributed by atoms with E-state index in [1.165, 1.54) is 136 Å². The van der Waals surface area contributed by atoms with E-state index in [4.69, 9.17) is 33.2 Å². The first-order chi connectivity index (χ1) is 38.4. The smallest absolute Gasteiger partial charge is 0.342 e. The predicted octanol–water partition coefficient (Wildman–Crippen LogP) is 17.1. The van der Waals surface area contributed by atoms with E-state index in [1.54, 1.807) is 7.11 Å². The second kappa shape index (κ2) is 46.2. The van der Waals surface area contributed by atoms with Gasteiger partial charge in [-0.1, -0.05) is 225 Å². The van der Waals surface area contributed by atoms with Gasteiger partial charge in [0.05, 0.1) is 20.1 Å². The number of ether oxygens (including phenoxy) is 7. The molecule has 1 heterocycles. The normalized spacial score (nSPS) is 12.6. The monoisotopic (exact) mass is 1110 g/mol. The molecule has 1 aliphatic rings. The summed E-state index contributed by atoms with van der Waals surface area (Å²) >= 11 is 0. The SMILES string of the molecule is CCCCCCCCCCCCCCCC(=O)OCC(COC(=O)CCCCCCCCCCCCCCC)OC(=O)C(C)CCCCCCCCCC(=O)Oc1c(C/C=C(\C)CCC(=O)OC)c(OC)c(C)c2c1C(=O)OC2. The van der Waals surface area contributed by atoms with E-state index in [-0.39, 0.29) is 67.8 Å². The number of allylic oxidation sites excluding steroid dienone is 2. The summed E-state index contributed by atoms with van der Waals surface area (Å²) in [7, 11) is 2.91. The Hall–Kier alpha value is -4.42. The maximum absolute atomic E-state index is 13.3. The molecule has 0 aromatic heterocycles. The number of unbranched alkanes of at least 4 members (excludes halogenated alkanes) is 30. The minimum atomic E-state index is -0.866. The lowest BCUT2D eigenvalue weighted by molar-refractivity contribution is -0.169. The number of methoxy groups -OCH3 is 2. The van der Waals surface area contributed by atoms with Crippen LogP contribution >= 0.6 is 0 Å². The van der Waals surface area contributed by atoms with Crippen molar-refractivity contribution in [1.82, 2.24) is 0 Å². The van der Waals surface area contributed by atoms with Crippen LogP contribution in [0.3, 0.4) is 0 Å². The molecular weight excluding hydrogens is 1000 g/mol. The Kier molecular flexibility index (Phi) is 41.4. The molecule has 0 radical (unpaired) electrons. The van der Waals surface area contributed by atoms with Crippen LogP contribution in [0.5, 0.6) is 11.5 Å². The Bertz CT molecular complexity index is 1840. The summed E-state index contributed by atoms with van der Waals surface area (Å²) in [5.74, 6) is -1.98. The number of carbonyl (C=O) groups excluding carboxylic acids is 6. The van der Waals surface area contributed by atoms with Crippen molar-refractivity contribution in [3.8, 4) is 11.5 Å². The zero-order chi connectivity index (χ0) is 57.7. The first kappa shape index (κ1) is 70.7. The summed E-state index contributed by atoms with van der Waals surface area (Å²) in [5, 5.41) is 0. The second-order valence-corrected chi connectivity index (χ2v) is 22.5. The molecule has 0 fully saturated rings. The summed E-state index contributed by atoms with van der Waals surface area (Å²) < 4.78 is 38.9. The second-order valence-electron chi connectivity index (χ2n) is 22.5. The van der Waals surface area contributed by atoms with Gasteiger partial charge in [-0.3, -0.25) is 24.0 Å².